The molecule has 1 aliphatic heterocycles. The molecule has 1 aromatic heterocycles. The summed E-state index contributed by atoms with van der Waals surface area (Å²) >= 11 is 5.28. The van der Waals surface area contributed by atoms with E-state index >= 15 is 0 Å². The Morgan fingerprint density at radius 1 is 1.13 bits per heavy atom. The summed E-state index contributed by atoms with van der Waals surface area (Å²) in [6.45, 7) is 6.67. The van der Waals surface area contributed by atoms with Crippen LogP contribution in [-0.2, 0) is 6.42 Å². The van der Waals surface area contributed by atoms with Crippen LogP contribution in [0.5, 0.6) is 0 Å². The molecule has 0 aliphatic carbocycles. The molecule has 31 heavy (non-hydrogen) atoms. The summed E-state index contributed by atoms with van der Waals surface area (Å²) in [5.74, 6) is 0.723. The van der Waals surface area contributed by atoms with Gasteiger partial charge in [0.1, 0.15) is 5.00 Å². The number of halogens is 1. The van der Waals surface area contributed by atoms with E-state index in [1.165, 1.54) is 28.8 Å². The molecular formula is C26H29BrN2OS. The Morgan fingerprint density at radius 3 is 2.45 bits per heavy atom. The Labute approximate surface area is 197 Å². The highest BCUT2D eigenvalue weighted by atomic mass is 79.9. The molecule has 0 spiro atoms. The summed E-state index contributed by atoms with van der Waals surface area (Å²) in [5, 5.41) is 4.20. The van der Waals surface area contributed by atoms with Gasteiger partial charge in [-0.25, -0.2) is 0 Å². The second-order valence-electron chi connectivity index (χ2n) is 8.34. The quantitative estimate of drug-likeness (QED) is 0.392. The number of rotatable bonds is 6. The normalized spacial score (nSPS) is 16.2. The summed E-state index contributed by atoms with van der Waals surface area (Å²) in [5.41, 5.74) is 3.17. The SMILES string of the molecule is CCc1cc(C(c2ccc(Br)cc2)N2CCC(C)CC2)c(NC(=O)c2ccccc2)s1. The lowest BCUT2D eigenvalue weighted by Gasteiger charge is -2.37. The molecule has 1 aliphatic rings. The van der Waals surface area contributed by atoms with Gasteiger partial charge in [0.15, 0.2) is 0 Å². The van der Waals surface area contributed by atoms with E-state index in [0.717, 1.165) is 34.9 Å². The first-order chi connectivity index (χ1) is 15.0. The lowest BCUT2D eigenvalue weighted by atomic mass is 9.92. The number of carbonyl (C=O) groups excluding carboxylic acids is 1. The molecule has 1 fully saturated rings. The molecule has 1 atom stereocenters. The Hall–Kier alpha value is -1.95. The lowest BCUT2D eigenvalue weighted by molar-refractivity contribution is 0.102. The number of hydrogen-bond acceptors (Lipinski definition) is 3. The van der Waals surface area contributed by atoms with E-state index in [-0.39, 0.29) is 11.9 Å². The average Bonchev–Trinajstić information content (AvgIpc) is 3.19. The van der Waals surface area contributed by atoms with Crippen LogP contribution in [0.1, 0.15) is 59.1 Å². The second kappa shape index (κ2) is 10.1. The van der Waals surface area contributed by atoms with Gasteiger partial charge in [-0.2, -0.15) is 0 Å². The fourth-order valence-electron chi connectivity index (χ4n) is 4.22. The van der Waals surface area contributed by atoms with Gasteiger partial charge in [-0.1, -0.05) is 60.1 Å². The third kappa shape index (κ3) is 5.28. The third-order valence-electron chi connectivity index (χ3n) is 6.09. The van der Waals surface area contributed by atoms with Crippen molar-refractivity contribution in [2.24, 2.45) is 5.92 Å². The number of thiophene rings is 1. The second-order valence-corrected chi connectivity index (χ2v) is 10.4. The van der Waals surface area contributed by atoms with E-state index < -0.39 is 0 Å². The van der Waals surface area contributed by atoms with Crippen molar-refractivity contribution in [2.45, 2.75) is 39.2 Å². The highest BCUT2D eigenvalue weighted by Crippen LogP contribution is 2.41. The highest BCUT2D eigenvalue weighted by Gasteiger charge is 2.29. The fourth-order valence-corrected chi connectivity index (χ4v) is 5.51. The standard InChI is InChI=1S/C26H29BrN2OS/c1-3-22-17-23(26(31-22)28-25(30)20-7-5-4-6-8-20)24(19-9-11-21(27)12-10-19)29-15-13-18(2)14-16-29/h4-12,17-18,24H,3,13-16H2,1-2H3,(H,28,30). The lowest BCUT2D eigenvalue weighted by Crippen LogP contribution is -2.37. The molecule has 0 radical (unpaired) electrons. The number of nitrogens with one attached hydrogen (secondary N) is 1. The van der Waals surface area contributed by atoms with Gasteiger partial charge in [0.25, 0.3) is 5.91 Å². The van der Waals surface area contributed by atoms with Crippen LogP contribution in [0.4, 0.5) is 5.00 Å². The third-order valence-corrected chi connectivity index (χ3v) is 7.83. The van der Waals surface area contributed by atoms with E-state index in [1.54, 1.807) is 11.3 Å². The number of anilines is 1. The van der Waals surface area contributed by atoms with Crippen LogP contribution in [0.3, 0.4) is 0 Å². The Bertz CT molecular complexity index is 1010. The monoisotopic (exact) mass is 496 g/mol. The maximum Gasteiger partial charge on any atom is 0.256 e. The molecule has 162 valence electrons. The molecule has 4 rings (SSSR count). The van der Waals surface area contributed by atoms with Crippen molar-refractivity contribution in [2.75, 3.05) is 18.4 Å². The fraction of sp³-hybridized carbons (Fsp3) is 0.346. The summed E-state index contributed by atoms with van der Waals surface area (Å²) in [7, 11) is 0. The van der Waals surface area contributed by atoms with E-state index in [2.05, 4.69) is 70.3 Å². The maximum absolute atomic E-state index is 13.0. The van der Waals surface area contributed by atoms with Crippen molar-refractivity contribution in [3.05, 3.63) is 86.7 Å². The van der Waals surface area contributed by atoms with Crippen LogP contribution in [-0.4, -0.2) is 23.9 Å². The molecular weight excluding hydrogens is 468 g/mol. The summed E-state index contributed by atoms with van der Waals surface area (Å²) in [6, 6.07) is 20.6. The Balaban J connectivity index is 1.72. The van der Waals surface area contributed by atoms with E-state index in [1.807, 2.05) is 30.3 Å². The van der Waals surface area contributed by atoms with Crippen LogP contribution < -0.4 is 5.32 Å². The molecule has 0 bridgehead atoms. The van der Waals surface area contributed by atoms with Crippen molar-refractivity contribution < 1.29 is 4.79 Å². The number of carbonyl (C=O) groups is 1. The molecule has 3 nitrogen and oxygen atoms in total. The van der Waals surface area contributed by atoms with Gasteiger partial charge in [-0.3, -0.25) is 9.69 Å². The summed E-state index contributed by atoms with van der Waals surface area (Å²) < 4.78 is 1.08. The van der Waals surface area contributed by atoms with Crippen molar-refractivity contribution in [1.29, 1.82) is 0 Å². The number of amides is 1. The van der Waals surface area contributed by atoms with Crippen LogP contribution >= 0.6 is 27.3 Å². The zero-order valence-electron chi connectivity index (χ0n) is 18.1. The Morgan fingerprint density at radius 2 is 1.81 bits per heavy atom. The number of likely N-dealkylation sites (tertiary alicyclic amines) is 1. The number of aryl methyl sites for hydroxylation is 1. The molecule has 1 N–H and O–H groups in total. The summed E-state index contributed by atoms with van der Waals surface area (Å²) in [6.07, 6.45) is 3.38. The van der Waals surface area contributed by atoms with Gasteiger partial charge in [0, 0.05) is 20.5 Å². The molecule has 1 saturated heterocycles. The molecule has 1 amide bonds. The van der Waals surface area contributed by atoms with Crippen LogP contribution in [0, 0.1) is 5.92 Å². The zero-order chi connectivity index (χ0) is 21.8. The topological polar surface area (TPSA) is 32.3 Å². The van der Waals surface area contributed by atoms with E-state index in [9.17, 15) is 4.79 Å². The molecule has 2 heterocycles. The molecule has 5 heteroatoms. The van der Waals surface area contributed by atoms with Crippen LogP contribution in [0.2, 0.25) is 0 Å². The number of nitrogens with zero attached hydrogens (tertiary/aromatic N) is 1. The number of benzene rings is 2. The first-order valence-electron chi connectivity index (χ1n) is 11.0. The number of hydrogen-bond donors (Lipinski definition) is 1. The van der Waals surface area contributed by atoms with Crippen molar-refractivity contribution in [1.82, 2.24) is 4.90 Å². The Kier molecular flexibility index (Phi) is 7.26. The first-order valence-corrected chi connectivity index (χ1v) is 12.6. The average molecular weight is 498 g/mol. The summed E-state index contributed by atoms with van der Waals surface area (Å²) in [4.78, 5) is 16.8. The molecule has 3 aromatic rings. The van der Waals surface area contributed by atoms with Gasteiger partial charge < -0.3 is 5.32 Å². The predicted molar refractivity (Wildman–Crippen MR) is 134 cm³/mol. The van der Waals surface area contributed by atoms with E-state index in [0.29, 0.717) is 5.56 Å². The minimum atomic E-state index is -0.0480. The van der Waals surface area contributed by atoms with Gasteiger partial charge >= 0.3 is 0 Å². The van der Waals surface area contributed by atoms with Gasteiger partial charge in [-0.05, 0) is 74.2 Å². The van der Waals surface area contributed by atoms with Gasteiger partial charge in [0.2, 0.25) is 0 Å². The van der Waals surface area contributed by atoms with Gasteiger partial charge in [0.05, 0.1) is 6.04 Å². The zero-order valence-corrected chi connectivity index (χ0v) is 20.5. The minimum absolute atomic E-state index is 0.0480. The van der Waals surface area contributed by atoms with Crippen molar-refractivity contribution >= 4 is 38.2 Å². The minimum Gasteiger partial charge on any atom is -0.313 e. The van der Waals surface area contributed by atoms with Crippen LogP contribution in [0.25, 0.3) is 0 Å². The number of piperidine rings is 1. The van der Waals surface area contributed by atoms with Gasteiger partial charge in [-0.15, -0.1) is 11.3 Å². The van der Waals surface area contributed by atoms with Crippen molar-refractivity contribution in [3.8, 4) is 0 Å². The maximum atomic E-state index is 13.0. The molecule has 0 saturated carbocycles. The highest BCUT2D eigenvalue weighted by molar-refractivity contribution is 9.10. The predicted octanol–water partition coefficient (Wildman–Crippen LogP) is 7.15. The molecule has 2 aromatic carbocycles. The first kappa shape index (κ1) is 22.3. The molecule has 1 unspecified atom stereocenters. The van der Waals surface area contributed by atoms with Crippen LogP contribution in [0.15, 0.2) is 65.1 Å². The van der Waals surface area contributed by atoms with Crippen molar-refractivity contribution in [3.63, 3.8) is 0 Å². The largest absolute Gasteiger partial charge is 0.313 e. The smallest absolute Gasteiger partial charge is 0.256 e. The van der Waals surface area contributed by atoms with E-state index in [4.69, 9.17) is 0 Å².